The molecule has 0 saturated heterocycles. The van der Waals surface area contributed by atoms with Gasteiger partial charge < -0.3 is 5.11 Å². The second-order valence-electron chi connectivity index (χ2n) is 3.77. The molecule has 4 nitrogen and oxygen atoms in total. The Hall–Kier alpha value is -2.33. The molecule has 0 radical (unpaired) electrons. The third-order valence-corrected chi connectivity index (χ3v) is 2.75. The summed E-state index contributed by atoms with van der Waals surface area (Å²) in [6.45, 7) is 0. The predicted molar refractivity (Wildman–Crippen MR) is 74.6 cm³/mol. The Morgan fingerprint density at radius 1 is 1.16 bits per heavy atom. The summed E-state index contributed by atoms with van der Waals surface area (Å²) in [5.74, 6) is -0.251. The number of benzene rings is 2. The van der Waals surface area contributed by atoms with Gasteiger partial charge in [0.15, 0.2) is 0 Å². The zero-order valence-electron chi connectivity index (χ0n) is 9.88. The summed E-state index contributed by atoms with van der Waals surface area (Å²) in [5, 5.41) is 13.5. The van der Waals surface area contributed by atoms with Crippen molar-refractivity contribution in [2.24, 2.45) is 5.10 Å². The summed E-state index contributed by atoms with van der Waals surface area (Å²) >= 11 is 5.94. The van der Waals surface area contributed by atoms with Crippen molar-refractivity contribution < 1.29 is 9.90 Å². The average Bonchev–Trinajstić information content (AvgIpc) is 2.41. The first-order valence-electron chi connectivity index (χ1n) is 5.54. The van der Waals surface area contributed by atoms with Gasteiger partial charge in [-0.3, -0.25) is 4.79 Å². The van der Waals surface area contributed by atoms with Gasteiger partial charge in [-0.15, -0.1) is 0 Å². The molecule has 0 spiro atoms. The number of phenols is 1. The van der Waals surface area contributed by atoms with E-state index in [1.165, 1.54) is 30.5 Å². The van der Waals surface area contributed by atoms with Gasteiger partial charge >= 0.3 is 0 Å². The Morgan fingerprint density at radius 2 is 1.84 bits per heavy atom. The Balaban J connectivity index is 2.01. The molecule has 2 N–H and O–H groups in total. The maximum absolute atomic E-state index is 11.7. The number of amides is 1. The number of carbonyl (C=O) groups excluding carboxylic acids is 1. The van der Waals surface area contributed by atoms with Crippen molar-refractivity contribution in [1.82, 2.24) is 5.43 Å². The number of hydrazone groups is 1. The average molecular weight is 275 g/mol. The number of carbonyl (C=O) groups is 1. The molecule has 0 aliphatic rings. The lowest BCUT2D eigenvalue weighted by Gasteiger charge is -2.00. The maximum Gasteiger partial charge on any atom is 0.271 e. The van der Waals surface area contributed by atoms with Crippen LogP contribution in [0, 0.1) is 0 Å². The second-order valence-corrected chi connectivity index (χ2v) is 4.17. The van der Waals surface area contributed by atoms with E-state index in [4.69, 9.17) is 16.7 Å². The fourth-order valence-electron chi connectivity index (χ4n) is 1.42. The summed E-state index contributed by atoms with van der Waals surface area (Å²) in [5.41, 5.74) is 3.51. The van der Waals surface area contributed by atoms with Crippen molar-refractivity contribution in [2.45, 2.75) is 0 Å². The van der Waals surface area contributed by atoms with Crippen LogP contribution >= 0.6 is 11.6 Å². The van der Waals surface area contributed by atoms with E-state index >= 15 is 0 Å². The van der Waals surface area contributed by atoms with Crippen LogP contribution in [0.2, 0.25) is 5.02 Å². The number of hydrogen-bond donors (Lipinski definition) is 2. The highest BCUT2D eigenvalue weighted by Crippen LogP contribution is 2.12. The molecule has 2 aromatic carbocycles. The smallest absolute Gasteiger partial charge is 0.271 e. The van der Waals surface area contributed by atoms with Gasteiger partial charge in [-0.05, 0) is 30.3 Å². The lowest BCUT2D eigenvalue weighted by Crippen LogP contribution is -2.17. The van der Waals surface area contributed by atoms with Crippen molar-refractivity contribution >= 4 is 23.7 Å². The quantitative estimate of drug-likeness (QED) is 0.668. The molecule has 19 heavy (non-hydrogen) atoms. The molecule has 2 rings (SSSR count). The summed E-state index contributed by atoms with van der Waals surface area (Å²) in [4.78, 5) is 11.7. The lowest BCUT2D eigenvalue weighted by molar-refractivity contribution is 0.0955. The normalized spacial score (nSPS) is 10.6. The molecule has 0 atom stereocenters. The fourth-order valence-corrected chi connectivity index (χ4v) is 1.60. The Labute approximate surface area is 115 Å². The van der Waals surface area contributed by atoms with E-state index in [1.54, 1.807) is 12.1 Å². The van der Waals surface area contributed by atoms with Gasteiger partial charge in [0.2, 0.25) is 0 Å². The van der Waals surface area contributed by atoms with Crippen LogP contribution in [0.25, 0.3) is 0 Å². The molecule has 0 aromatic heterocycles. The molecule has 0 unspecified atom stereocenters. The van der Waals surface area contributed by atoms with Crippen molar-refractivity contribution in [1.29, 1.82) is 0 Å². The third kappa shape index (κ3) is 3.56. The van der Waals surface area contributed by atoms with Gasteiger partial charge in [0, 0.05) is 16.1 Å². The zero-order valence-corrected chi connectivity index (χ0v) is 10.6. The minimum Gasteiger partial charge on any atom is -0.508 e. The molecule has 0 fully saturated rings. The minimum absolute atomic E-state index is 0.108. The molecule has 0 saturated carbocycles. The van der Waals surface area contributed by atoms with Crippen LogP contribution < -0.4 is 5.43 Å². The Kier molecular flexibility index (Phi) is 4.15. The monoisotopic (exact) mass is 274 g/mol. The number of hydrogen-bond acceptors (Lipinski definition) is 3. The Morgan fingerprint density at radius 3 is 2.53 bits per heavy atom. The van der Waals surface area contributed by atoms with Crippen LogP contribution in [-0.2, 0) is 0 Å². The van der Waals surface area contributed by atoms with E-state index in [-0.39, 0.29) is 11.7 Å². The molecule has 0 aliphatic carbocycles. The van der Waals surface area contributed by atoms with E-state index in [2.05, 4.69) is 10.5 Å². The van der Waals surface area contributed by atoms with Gasteiger partial charge in [0.25, 0.3) is 5.91 Å². The number of aromatic hydroxyl groups is 1. The van der Waals surface area contributed by atoms with E-state index in [0.29, 0.717) is 10.6 Å². The van der Waals surface area contributed by atoms with Crippen LogP contribution in [0.3, 0.4) is 0 Å². The molecule has 1 amide bonds. The largest absolute Gasteiger partial charge is 0.508 e. The summed E-state index contributed by atoms with van der Waals surface area (Å²) < 4.78 is 0. The first kappa shape index (κ1) is 13.1. The maximum atomic E-state index is 11.7. The van der Waals surface area contributed by atoms with Gasteiger partial charge in [-0.25, -0.2) is 5.43 Å². The standard InChI is InChI=1S/C14H11ClN2O2/c15-13-4-2-1-3-11(13)9-16-17-14(19)10-5-7-12(18)8-6-10/h1-9,18H,(H,17,19)/b16-9-. The van der Waals surface area contributed by atoms with E-state index < -0.39 is 0 Å². The highest BCUT2D eigenvalue weighted by Gasteiger charge is 2.03. The van der Waals surface area contributed by atoms with Crippen LogP contribution in [0.4, 0.5) is 0 Å². The van der Waals surface area contributed by atoms with E-state index in [9.17, 15) is 4.79 Å². The number of rotatable bonds is 3. The van der Waals surface area contributed by atoms with Gasteiger partial charge in [0.05, 0.1) is 6.21 Å². The summed E-state index contributed by atoms with van der Waals surface area (Å²) in [6, 6.07) is 13.1. The van der Waals surface area contributed by atoms with Crippen LogP contribution in [0.15, 0.2) is 53.6 Å². The van der Waals surface area contributed by atoms with E-state index in [0.717, 1.165) is 5.56 Å². The van der Waals surface area contributed by atoms with Crippen molar-refractivity contribution in [3.63, 3.8) is 0 Å². The highest BCUT2D eigenvalue weighted by atomic mass is 35.5. The predicted octanol–water partition coefficient (Wildman–Crippen LogP) is 2.81. The minimum atomic E-state index is -0.358. The topological polar surface area (TPSA) is 61.7 Å². The number of halogens is 1. The summed E-state index contributed by atoms with van der Waals surface area (Å²) in [7, 11) is 0. The molecular weight excluding hydrogens is 264 g/mol. The first-order chi connectivity index (χ1) is 9.16. The van der Waals surface area contributed by atoms with Crippen LogP contribution in [-0.4, -0.2) is 17.2 Å². The molecular formula is C14H11ClN2O2. The van der Waals surface area contributed by atoms with Crippen molar-refractivity contribution in [3.05, 3.63) is 64.7 Å². The number of nitrogens with one attached hydrogen (secondary N) is 1. The van der Waals surface area contributed by atoms with Gasteiger partial charge in [-0.2, -0.15) is 5.10 Å². The van der Waals surface area contributed by atoms with Gasteiger partial charge in [0.1, 0.15) is 5.75 Å². The Bertz CT molecular complexity index is 609. The highest BCUT2D eigenvalue weighted by molar-refractivity contribution is 6.33. The zero-order chi connectivity index (χ0) is 13.7. The third-order valence-electron chi connectivity index (χ3n) is 2.40. The number of nitrogens with zero attached hydrogens (tertiary/aromatic N) is 1. The SMILES string of the molecule is O=C(N/N=C\c1ccccc1Cl)c1ccc(O)cc1. The molecule has 5 heteroatoms. The molecule has 0 bridgehead atoms. The van der Waals surface area contributed by atoms with Crippen molar-refractivity contribution in [3.8, 4) is 5.75 Å². The molecule has 0 heterocycles. The molecule has 0 aliphatic heterocycles. The van der Waals surface area contributed by atoms with Crippen molar-refractivity contribution in [2.75, 3.05) is 0 Å². The fraction of sp³-hybridized carbons (Fsp3) is 0. The van der Waals surface area contributed by atoms with Crippen LogP contribution in [0.5, 0.6) is 5.75 Å². The summed E-state index contributed by atoms with van der Waals surface area (Å²) in [6.07, 6.45) is 1.47. The van der Waals surface area contributed by atoms with E-state index in [1.807, 2.05) is 12.1 Å². The molecule has 2 aromatic rings. The van der Waals surface area contributed by atoms with Gasteiger partial charge in [-0.1, -0.05) is 29.8 Å². The lowest BCUT2D eigenvalue weighted by atomic mass is 10.2. The second kappa shape index (κ2) is 6.02. The molecule has 96 valence electrons. The van der Waals surface area contributed by atoms with Crippen LogP contribution in [0.1, 0.15) is 15.9 Å². The number of phenolic OH excluding ortho intramolecular Hbond substituents is 1. The first-order valence-corrected chi connectivity index (χ1v) is 5.91.